The summed E-state index contributed by atoms with van der Waals surface area (Å²) in [6, 6.07) is 3.36. The van der Waals surface area contributed by atoms with Crippen molar-refractivity contribution in [3.63, 3.8) is 0 Å². The van der Waals surface area contributed by atoms with Crippen LogP contribution in [-0.2, 0) is 4.79 Å². The largest absolute Gasteiger partial charge is 0.467 e. The lowest BCUT2D eigenvalue weighted by molar-refractivity contribution is -0.124. The third kappa shape index (κ3) is 2.70. The van der Waals surface area contributed by atoms with Crippen molar-refractivity contribution in [2.75, 3.05) is 0 Å². The molecule has 3 heteroatoms. The van der Waals surface area contributed by atoms with E-state index in [4.69, 9.17) is 4.42 Å². The Morgan fingerprint density at radius 1 is 1.62 bits per heavy atom. The van der Waals surface area contributed by atoms with E-state index >= 15 is 0 Å². The van der Waals surface area contributed by atoms with Gasteiger partial charge in [0.15, 0.2) is 0 Å². The smallest absolute Gasteiger partial charge is 0.138 e. The van der Waals surface area contributed by atoms with E-state index in [-0.39, 0.29) is 18.1 Å². The van der Waals surface area contributed by atoms with Gasteiger partial charge in [-0.15, -0.1) is 0 Å². The van der Waals surface area contributed by atoms with Crippen molar-refractivity contribution in [2.45, 2.75) is 26.4 Å². The Hall–Kier alpha value is -1.09. The normalized spacial score (nSPS) is 13.2. The van der Waals surface area contributed by atoms with E-state index < -0.39 is 6.10 Å². The van der Waals surface area contributed by atoms with E-state index in [0.717, 1.165) is 0 Å². The maximum atomic E-state index is 11.2. The predicted molar refractivity (Wildman–Crippen MR) is 48.1 cm³/mol. The number of furan rings is 1. The Bertz CT molecular complexity index is 262. The van der Waals surface area contributed by atoms with E-state index in [1.54, 1.807) is 12.1 Å². The molecule has 3 nitrogen and oxygen atoms in total. The molecule has 0 saturated heterocycles. The fraction of sp³-hybridized carbons (Fsp3) is 0.500. The predicted octanol–water partition coefficient (Wildman–Crippen LogP) is 1.93. The molecule has 0 aromatic carbocycles. The van der Waals surface area contributed by atoms with Gasteiger partial charge in [-0.1, -0.05) is 13.8 Å². The monoisotopic (exact) mass is 182 g/mol. The van der Waals surface area contributed by atoms with Gasteiger partial charge in [-0.3, -0.25) is 4.79 Å². The zero-order valence-electron chi connectivity index (χ0n) is 7.86. The van der Waals surface area contributed by atoms with E-state index in [1.165, 1.54) is 6.26 Å². The van der Waals surface area contributed by atoms with Crippen molar-refractivity contribution < 1.29 is 14.3 Å². The Balaban J connectivity index is 2.51. The summed E-state index contributed by atoms with van der Waals surface area (Å²) in [4.78, 5) is 11.2. The first kappa shape index (κ1) is 9.99. The van der Waals surface area contributed by atoms with Crippen molar-refractivity contribution >= 4 is 5.78 Å². The number of carbonyl (C=O) groups excluding carboxylic acids is 1. The number of rotatable bonds is 4. The van der Waals surface area contributed by atoms with Crippen molar-refractivity contribution in [1.82, 2.24) is 0 Å². The van der Waals surface area contributed by atoms with E-state index in [0.29, 0.717) is 5.76 Å². The summed E-state index contributed by atoms with van der Waals surface area (Å²) in [6.07, 6.45) is 0.814. The second-order valence-corrected chi connectivity index (χ2v) is 3.36. The summed E-state index contributed by atoms with van der Waals surface area (Å²) >= 11 is 0. The highest BCUT2D eigenvalue weighted by atomic mass is 16.4. The second kappa shape index (κ2) is 4.23. The number of aliphatic hydroxyl groups excluding tert-OH is 1. The van der Waals surface area contributed by atoms with Crippen molar-refractivity contribution in [2.24, 2.45) is 5.92 Å². The number of aliphatic hydroxyl groups is 1. The van der Waals surface area contributed by atoms with Crippen LogP contribution in [0.25, 0.3) is 0 Å². The molecule has 1 atom stereocenters. The van der Waals surface area contributed by atoms with Crippen LogP contribution in [0.15, 0.2) is 22.8 Å². The Labute approximate surface area is 77.4 Å². The van der Waals surface area contributed by atoms with Crippen molar-refractivity contribution in [1.29, 1.82) is 0 Å². The highest BCUT2D eigenvalue weighted by Crippen LogP contribution is 2.18. The molecule has 1 heterocycles. The standard InChI is InChI=1S/C10H14O3/c1-7(2)8(11)6-9(12)10-4-3-5-13-10/h3-5,7,9,12H,6H2,1-2H3/t9-/m1/s1. The van der Waals surface area contributed by atoms with Crippen LogP contribution in [0.1, 0.15) is 32.1 Å². The highest BCUT2D eigenvalue weighted by Gasteiger charge is 2.16. The Kier molecular flexibility index (Phi) is 3.25. The maximum Gasteiger partial charge on any atom is 0.138 e. The summed E-state index contributed by atoms with van der Waals surface area (Å²) in [5, 5.41) is 9.51. The number of hydrogen-bond donors (Lipinski definition) is 1. The van der Waals surface area contributed by atoms with Gasteiger partial charge in [-0.2, -0.15) is 0 Å². The molecule has 0 fully saturated rings. The quantitative estimate of drug-likeness (QED) is 0.774. The molecule has 0 saturated carbocycles. The molecule has 0 amide bonds. The first-order valence-corrected chi connectivity index (χ1v) is 4.35. The molecule has 13 heavy (non-hydrogen) atoms. The fourth-order valence-electron chi connectivity index (χ4n) is 1.01. The molecule has 0 aliphatic heterocycles. The lowest BCUT2D eigenvalue weighted by Crippen LogP contribution is -2.11. The zero-order valence-corrected chi connectivity index (χ0v) is 7.86. The average molecular weight is 182 g/mol. The van der Waals surface area contributed by atoms with Gasteiger partial charge in [-0.05, 0) is 12.1 Å². The molecule has 0 spiro atoms. The van der Waals surface area contributed by atoms with Crippen LogP contribution in [0.4, 0.5) is 0 Å². The summed E-state index contributed by atoms with van der Waals surface area (Å²) in [5.74, 6) is 0.461. The molecule has 0 radical (unpaired) electrons. The molecular weight excluding hydrogens is 168 g/mol. The van der Waals surface area contributed by atoms with Crippen LogP contribution in [-0.4, -0.2) is 10.9 Å². The number of Topliss-reactive ketones (excluding diaryl/α,β-unsaturated/α-hetero) is 1. The van der Waals surface area contributed by atoms with Crippen molar-refractivity contribution in [3.05, 3.63) is 24.2 Å². The van der Waals surface area contributed by atoms with Crippen LogP contribution >= 0.6 is 0 Å². The first-order chi connectivity index (χ1) is 6.11. The van der Waals surface area contributed by atoms with Gasteiger partial charge in [0.2, 0.25) is 0 Å². The highest BCUT2D eigenvalue weighted by molar-refractivity contribution is 5.80. The summed E-state index contributed by atoms with van der Waals surface area (Å²) < 4.78 is 4.97. The van der Waals surface area contributed by atoms with Gasteiger partial charge >= 0.3 is 0 Å². The molecule has 1 aromatic rings. The first-order valence-electron chi connectivity index (χ1n) is 4.35. The van der Waals surface area contributed by atoms with Gasteiger partial charge in [0.1, 0.15) is 17.6 Å². The van der Waals surface area contributed by atoms with Gasteiger partial charge in [-0.25, -0.2) is 0 Å². The third-order valence-electron chi connectivity index (χ3n) is 1.91. The molecule has 1 rings (SSSR count). The molecule has 1 aromatic heterocycles. The maximum absolute atomic E-state index is 11.2. The lowest BCUT2D eigenvalue weighted by Gasteiger charge is -2.08. The molecule has 1 N–H and O–H groups in total. The fourth-order valence-corrected chi connectivity index (χ4v) is 1.01. The van der Waals surface area contributed by atoms with Gasteiger partial charge < -0.3 is 9.52 Å². The molecule has 0 aliphatic rings. The minimum absolute atomic E-state index is 0.0374. The van der Waals surface area contributed by atoms with E-state index in [1.807, 2.05) is 13.8 Å². The van der Waals surface area contributed by atoms with Crippen LogP contribution in [0.5, 0.6) is 0 Å². The summed E-state index contributed by atoms with van der Waals surface area (Å²) in [6.45, 7) is 3.63. The van der Waals surface area contributed by atoms with Crippen LogP contribution < -0.4 is 0 Å². The third-order valence-corrected chi connectivity index (χ3v) is 1.91. The molecule has 0 aliphatic carbocycles. The van der Waals surface area contributed by atoms with Gasteiger partial charge in [0.05, 0.1) is 6.26 Å². The second-order valence-electron chi connectivity index (χ2n) is 3.36. The number of ketones is 1. The summed E-state index contributed by atoms with van der Waals surface area (Å²) in [5.41, 5.74) is 0. The van der Waals surface area contributed by atoms with Gasteiger partial charge in [0.25, 0.3) is 0 Å². The van der Waals surface area contributed by atoms with Gasteiger partial charge in [0, 0.05) is 12.3 Å². The molecule has 0 bridgehead atoms. The van der Waals surface area contributed by atoms with E-state index in [2.05, 4.69) is 0 Å². The summed E-state index contributed by atoms with van der Waals surface area (Å²) in [7, 11) is 0. The van der Waals surface area contributed by atoms with Crippen molar-refractivity contribution in [3.8, 4) is 0 Å². The lowest BCUT2D eigenvalue weighted by atomic mass is 10.0. The molecule has 72 valence electrons. The molecular formula is C10H14O3. The SMILES string of the molecule is CC(C)C(=O)C[C@@H](O)c1ccco1. The van der Waals surface area contributed by atoms with E-state index in [9.17, 15) is 9.90 Å². The average Bonchev–Trinajstić information content (AvgIpc) is 2.55. The molecule has 0 unspecified atom stereocenters. The van der Waals surface area contributed by atoms with Crippen LogP contribution in [0, 0.1) is 5.92 Å². The Morgan fingerprint density at radius 2 is 2.31 bits per heavy atom. The minimum Gasteiger partial charge on any atom is -0.467 e. The minimum atomic E-state index is -0.801. The number of hydrogen-bond acceptors (Lipinski definition) is 3. The topological polar surface area (TPSA) is 50.4 Å². The Morgan fingerprint density at radius 3 is 2.77 bits per heavy atom. The van der Waals surface area contributed by atoms with Crippen LogP contribution in [0.3, 0.4) is 0 Å². The van der Waals surface area contributed by atoms with Crippen LogP contribution in [0.2, 0.25) is 0 Å². The number of carbonyl (C=O) groups is 1. The zero-order chi connectivity index (χ0) is 9.84.